The molecule has 0 saturated carbocycles. The van der Waals surface area contributed by atoms with Gasteiger partial charge in [-0.15, -0.1) is 0 Å². The maximum atomic E-state index is 11.1. The molecule has 4 heteroatoms. The first-order valence-corrected chi connectivity index (χ1v) is 9.10. The minimum Gasteiger partial charge on any atom is -0.481 e. The highest BCUT2D eigenvalue weighted by atomic mass is 16.4. The molecule has 0 aliphatic rings. The van der Waals surface area contributed by atoms with E-state index in [2.05, 4.69) is 51.7 Å². The average molecular weight is 335 g/mol. The number of nitrogens with zero attached hydrogens (tertiary/aromatic N) is 1. The number of anilines is 2. The van der Waals surface area contributed by atoms with Gasteiger partial charge in [-0.1, -0.05) is 47.1 Å². The Bertz CT molecular complexity index is 516. The van der Waals surface area contributed by atoms with E-state index in [9.17, 15) is 4.79 Å². The molecule has 0 saturated heterocycles. The Morgan fingerprint density at radius 3 is 2.17 bits per heavy atom. The lowest BCUT2D eigenvalue weighted by atomic mass is 9.90. The summed E-state index contributed by atoms with van der Waals surface area (Å²) in [5.74, 6) is 0.398. The molecule has 0 amide bonds. The normalized spacial score (nSPS) is 12.6. The van der Waals surface area contributed by atoms with E-state index in [1.807, 2.05) is 6.07 Å². The van der Waals surface area contributed by atoms with Crippen LogP contribution in [0, 0.1) is 11.8 Å². The number of hydrogen-bond acceptors (Lipinski definition) is 3. The van der Waals surface area contributed by atoms with E-state index in [-0.39, 0.29) is 12.3 Å². The number of carboxylic acid groups (broad SMARTS) is 1. The van der Waals surface area contributed by atoms with Gasteiger partial charge in [-0.05, 0) is 41.9 Å². The summed E-state index contributed by atoms with van der Waals surface area (Å²) in [7, 11) is 0. The Morgan fingerprint density at radius 2 is 1.75 bits per heavy atom. The van der Waals surface area contributed by atoms with Crippen LogP contribution in [0.1, 0.15) is 65.4 Å². The van der Waals surface area contributed by atoms with Gasteiger partial charge in [0.25, 0.3) is 0 Å². The Hall–Kier alpha value is -1.71. The molecule has 0 bridgehead atoms. The fourth-order valence-electron chi connectivity index (χ4n) is 3.21. The third-order valence-electron chi connectivity index (χ3n) is 4.09. The summed E-state index contributed by atoms with van der Waals surface area (Å²) in [5, 5.41) is 9.14. The summed E-state index contributed by atoms with van der Waals surface area (Å²) in [6.45, 7) is 12.9. The maximum absolute atomic E-state index is 11.1. The molecule has 136 valence electrons. The van der Waals surface area contributed by atoms with Crippen LogP contribution in [0.3, 0.4) is 0 Å². The van der Waals surface area contributed by atoms with Crippen LogP contribution in [0.4, 0.5) is 11.4 Å². The first kappa shape index (κ1) is 20.3. The van der Waals surface area contributed by atoms with E-state index in [1.165, 1.54) is 0 Å². The van der Waals surface area contributed by atoms with Gasteiger partial charge < -0.3 is 15.7 Å². The minimum absolute atomic E-state index is 0.0347. The largest absolute Gasteiger partial charge is 0.481 e. The summed E-state index contributed by atoms with van der Waals surface area (Å²) in [4.78, 5) is 13.5. The molecule has 24 heavy (non-hydrogen) atoms. The van der Waals surface area contributed by atoms with E-state index in [4.69, 9.17) is 10.8 Å². The van der Waals surface area contributed by atoms with E-state index >= 15 is 0 Å². The smallest absolute Gasteiger partial charge is 0.303 e. The topological polar surface area (TPSA) is 66.6 Å². The zero-order valence-electron chi connectivity index (χ0n) is 15.9. The summed E-state index contributed by atoms with van der Waals surface area (Å²) >= 11 is 0. The highest BCUT2D eigenvalue weighted by molar-refractivity contribution is 5.71. The molecule has 0 aliphatic heterocycles. The Labute approximate surface area is 147 Å². The van der Waals surface area contributed by atoms with Crippen LogP contribution in [0.5, 0.6) is 0 Å². The summed E-state index contributed by atoms with van der Waals surface area (Å²) in [6, 6.07) is 6.11. The van der Waals surface area contributed by atoms with Gasteiger partial charge in [-0.2, -0.15) is 0 Å². The molecular formula is C20H34N2O2. The summed E-state index contributed by atoms with van der Waals surface area (Å²) < 4.78 is 0. The van der Waals surface area contributed by atoms with Crippen molar-refractivity contribution in [3.05, 3.63) is 23.8 Å². The molecule has 1 atom stereocenters. The van der Waals surface area contributed by atoms with Crippen LogP contribution >= 0.6 is 0 Å². The second kappa shape index (κ2) is 9.55. The van der Waals surface area contributed by atoms with Crippen molar-refractivity contribution in [1.29, 1.82) is 0 Å². The molecule has 0 aliphatic carbocycles. The van der Waals surface area contributed by atoms with E-state index < -0.39 is 5.97 Å². The van der Waals surface area contributed by atoms with Crippen molar-refractivity contribution in [1.82, 2.24) is 0 Å². The van der Waals surface area contributed by atoms with Gasteiger partial charge in [0.2, 0.25) is 0 Å². The number of carboxylic acids is 1. The van der Waals surface area contributed by atoms with Crippen molar-refractivity contribution in [2.24, 2.45) is 11.8 Å². The Kier molecular flexibility index (Phi) is 8.09. The van der Waals surface area contributed by atoms with Crippen molar-refractivity contribution in [3.63, 3.8) is 0 Å². The second-order valence-electron chi connectivity index (χ2n) is 7.59. The van der Waals surface area contributed by atoms with Gasteiger partial charge in [-0.25, -0.2) is 0 Å². The van der Waals surface area contributed by atoms with Crippen LogP contribution in [0.2, 0.25) is 0 Å². The van der Waals surface area contributed by atoms with Crippen LogP contribution in [0.25, 0.3) is 0 Å². The predicted molar refractivity (Wildman–Crippen MR) is 103 cm³/mol. The molecule has 1 unspecified atom stereocenters. The predicted octanol–water partition coefficient (Wildman–Crippen LogP) is 4.75. The molecule has 1 aromatic carbocycles. The summed E-state index contributed by atoms with van der Waals surface area (Å²) in [5.41, 5.74) is 9.20. The van der Waals surface area contributed by atoms with E-state index in [1.54, 1.807) is 0 Å². The highest BCUT2D eigenvalue weighted by Gasteiger charge is 2.18. The van der Waals surface area contributed by atoms with Crippen LogP contribution in [-0.2, 0) is 4.79 Å². The number of carbonyl (C=O) groups is 1. The van der Waals surface area contributed by atoms with Gasteiger partial charge >= 0.3 is 5.97 Å². The molecule has 0 fully saturated rings. The van der Waals surface area contributed by atoms with Crippen molar-refractivity contribution in [3.8, 4) is 0 Å². The summed E-state index contributed by atoms with van der Waals surface area (Å²) in [6.07, 6.45) is 1.99. The van der Waals surface area contributed by atoms with Crippen LogP contribution in [-0.4, -0.2) is 24.2 Å². The van der Waals surface area contributed by atoms with Crippen molar-refractivity contribution >= 4 is 17.3 Å². The number of nitrogen functional groups attached to an aromatic ring is 1. The molecule has 0 radical (unpaired) electrons. The highest BCUT2D eigenvalue weighted by Crippen LogP contribution is 2.32. The quantitative estimate of drug-likeness (QED) is 0.606. The average Bonchev–Trinajstić information content (AvgIpc) is 2.44. The fraction of sp³-hybridized carbons (Fsp3) is 0.650. The first-order valence-electron chi connectivity index (χ1n) is 9.10. The molecule has 0 aromatic heterocycles. The lowest BCUT2D eigenvalue weighted by molar-refractivity contribution is -0.137. The lowest BCUT2D eigenvalue weighted by Crippen LogP contribution is -2.32. The maximum Gasteiger partial charge on any atom is 0.303 e. The van der Waals surface area contributed by atoms with Gasteiger partial charge in [0.15, 0.2) is 0 Å². The van der Waals surface area contributed by atoms with Gasteiger partial charge in [0.1, 0.15) is 0 Å². The first-order chi connectivity index (χ1) is 11.2. The number of aliphatic carboxylic acids is 1. The SMILES string of the molecule is CCCC(CC(=O)O)c1ccc(N(CC(C)C)CC(C)C)c(N)c1. The molecule has 4 nitrogen and oxygen atoms in total. The monoisotopic (exact) mass is 334 g/mol. The fourth-order valence-corrected chi connectivity index (χ4v) is 3.21. The molecule has 1 aromatic rings. The molecule has 0 spiro atoms. The third kappa shape index (κ3) is 6.42. The van der Waals surface area contributed by atoms with Crippen LogP contribution < -0.4 is 10.6 Å². The van der Waals surface area contributed by atoms with Gasteiger partial charge in [0, 0.05) is 13.1 Å². The Morgan fingerprint density at radius 1 is 1.17 bits per heavy atom. The van der Waals surface area contributed by atoms with Crippen molar-refractivity contribution in [2.45, 2.75) is 59.8 Å². The van der Waals surface area contributed by atoms with Crippen molar-refractivity contribution < 1.29 is 9.90 Å². The third-order valence-corrected chi connectivity index (χ3v) is 4.09. The molecule has 1 rings (SSSR count). The van der Waals surface area contributed by atoms with Crippen LogP contribution in [0.15, 0.2) is 18.2 Å². The lowest BCUT2D eigenvalue weighted by Gasteiger charge is -2.30. The minimum atomic E-state index is -0.752. The van der Waals surface area contributed by atoms with E-state index in [0.717, 1.165) is 42.9 Å². The van der Waals surface area contributed by atoms with Gasteiger partial charge in [-0.3, -0.25) is 4.79 Å². The zero-order chi connectivity index (χ0) is 18.3. The standard InChI is InChI=1S/C20H34N2O2/c1-6-7-16(11-20(23)24)17-8-9-19(18(21)10-17)22(12-14(2)3)13-15(4)5/h8-10,14-16H,6-7,11-13,21H2,1-5H3,(H,23,24). The van der Waals surface area contributed by atoms with E-state index in [0.29, 0.717) is 11.8 Å². The number of nitrogens with two attached hydrogens (primary N) is 1. The molecule has 0 heterocycles. The molecule has 3 N–H and O–H groups in total. The number of benzene rings is 1. The zero-order valence-corrected chi connectivity index (χ0v) is 15.9. The second-order valence-corrected chi connectivity index (χ2v) is 7.59. The number of rotatable bonds is 10. The number of hydrogen-bond donors (Lipinski definition) is 2. The molecular weight excluding hydrogens is 300 g/mol. The Balaban J connectivity index is 3.08. The van der Waals surface area contributed by atoms with Gasteiger partial charge in [0.05, 0.1) is 17.8 Å². The van der Waals surface area contributed by atoms with Crippen molar-refractivity contribution in [2.75, 3.05) is 23.7 Å².